The van der Waals surface area contributed by atoms with Gasteiger partial charge < -0.3 is 9.67 Å². The summed E-state index contributed by atoms with van der Waals surface area (Å²) in [6.07, 6.45) is 3.17. The summed E-state index contributed by atoms with van der Waals surface area (Å²) in [7, 11) is 1.78. The maximum Gasteiger partial charge on any atom is 0.180 e. The summed E-state index contributed by atoms with van der Waals surface area (Å²) in [5, 5.41) is 24.9. The number of rotatable bonds is 4. The molecule has 3 aromatic heterocycles. The molecular formula is C26H18F2N6O. The highest BCUT2D eigenvalue weighted by atomic mass is 19.1. The number of aromatic nitrogens is 6. The Morgan fingerprint density at radius 1 is 0.886 bits per heavy atom. The van der Waals surface area contributed by atoms with Crippen LogP contribution in [-0.2, 0) is 12.6 Å². The zero-order valence-electron chi connectivity index (χ0n) is 18.5. The fourth-order valence-corrected chi connectivity index (χ4v) is 4.58. The predicted octanol–water partition coefficient (Wildman–Crippen LogP) is 4.24. The minimum atomic E-state index is -1.65. The van der Waals surface area contributed by atoms with E-state index in [0.717, 1.165) is 0 Å². The Balaban J connectivity index is 1.68. The van der Waals surface area contributed by atoms with Gasteiger partial charge in [0.25, 0.3) is 0 Å². The van der Waals surface area contributed by atoms with Crippen LogP contribution >= 0.6 is 0 Å². The lowest BCUT2D eigenvalue weighted by Crippen LogP contribution is -2.31. The Labute approximate surface area is 197 Å². The molecule has 3 aromatic carbocycles. The Kier molecular flexibility index (Phi) is 4.68. The van der Waals surface area contributed by atoms with E-state index in [2.05, 4.69) is 20.5 Å². The van der Waals surface area contributed by atoms with Crippen molar-refractivity contribution in [3.8, 4) is 11.1 Å². The highest BCUT2D eigenvalue weighted by Gasteiger charge is 2.37. The van der Waals surface area contributed by atoms with E-state index in [1.165, 1.54) is 24.3 Å². The monoisotopic (exact) mass is 468 g/mol. The van der Waals surface area contributed by atoms with Crippen LogP contribution in [0.5, 0.6) is 0 Å². The molecule has 6 aromatic rings. The van der Waals surface area contributed by atoms with Gasteiger partial charge in [-0.25, -0.2) is 13.8 Å². The molecule has 0 aliphatic carbocycles. The zero-order chi connectivity index (χ0) is 24.2. The van der Waals surface area contributed by atoms with Crippen molar-refractivity contribution in [3.05, 3.63) is 114 Å². The number of aliphatic hydroxyl groups is 1. The van der Waals surface area contributed by atoms with Gasteiger partial charge in [-0.1, -0.05) is 30.3 Å². The van der Waals surface area contributed by atoms with E-state index in [4.69, 9.17) is 0 Å². The van der Waals surface area contributed by atoms with E-state index in [1.807, 2.05) is 12.1 Å². The Morgan fingerprint density at radius 3 is 2.43 bits per heavy atom. The molecule has 1 N–H and O–H groups in total. The highest BCUT2D eigenvalue weighted by Crippen LogP contribution is 2.39. The molecule has 0 saturated heterocycles. The van der Waals surface area contributed by atoms with Crippen LogP contribution in [0.1, 0.15) is 16.8 Å². The molecular weight excluding hydrogens is 450 g/mol. The molecule has 0 radical (unpaired) electrons. The van der Waals surface area contributed by atoms with Crippen LogP contribution in [0.4, 0.5) is 8.78 Å². The molecule has 0 fully saturated rings. The second-order valence-corrected chi connectivity index (χ2v) is 8.36. The number of tetrazole rings is 1. The van der Waals surface area contributed by atoms with Crippen molar-refractivity contribution in [1.29, 1.82) is 0 Å². The van der Waals surface area contributed by atoms with Gasteiger partial charge in [0.2, 0.25) is 0 Å². The van der Waals surface area contributed by atoms with Gasteiger partial charge >= 0.3 is 0 Å². The van der Waals surface area contributed by atoms with Crippen molar-refractivity contribution in [2.45, 2.75) is 5.60 Å². The van der Waals surface area contributed by atoms with Crippen molar-refractivity contribution >= 4 is 16.6 Å². The average Bonchev–Trinajstić information content (AvgIpc) is 3.52. The number of hydrogen-bond acceptors (Lipinski definition) is 5. The van der Waals surface area contributed by atoms with E-state index >= 15 is 0 Å². The predicted molar refractivity (Wildman–Crippen MR) is 125 cm³/mol. The first kappa shape index (κ1) is 21.1. The standard InChI is InChI=1S/C26H18F2N6O/c1-33-15-29-14-24(33)26(35,17-5-8-19(27)9-6-17)18-7-10-23-22(12-18)21(13-25-30-31-32-34(23)25)16-3-2-4-20(28)11-16/h2-15,35H,1H3. The lowest BCUT2D eigenvalue weighted by molar-refractivity contribution is 0.117. The van der Waals surface area contributed by atoms with E-state index in [-0.39, 0.29) is 5.82 Å². The zero-order valence-corrected chi connectivity index (χ0v) is 18.5. The molecule has 172 valence electrons. The third-order valence-corrected chi connectivity index (χ3v) is 6.28. The molecule has 9 heteroatoms. The topological polar surface area (TPSA) is 81.1 Å². The van der Waals surface area contributed by atoms with Gasteiger partial charge in [0.15, 0.2) is 11.2 Å². The first-order valence-corrected chi connectivity index (χ1v) is 10.8. The van der Waals surface area contributed by atoms with Crippen molar-refractivity contribution in [1.82, 2.24) is 29.6 Å². The number of nitrogens with zero attached hydrogens (tertiary/aromatic N) is 6. The lowest BCUT2D eigenvalue weighted by atomic mass is 9.82. The largest absolute Gasteiger partial charge is 0.374 e. The van der Waals surface area contributed by atoms with Gasteiger partial charge in [0, 0.05) is 12.4 Å². The molecule has 0 aliphatic heterocycles. The van der Waals surface area contributed by atoms with Crippen molar-refractivity contribution in [3.63, 3.8) is 0 Å². The number of benzene rings is 3. The molecule has 7 nitrogen and oxygen atoms in total. The van der Waals surface area contributed by atoms with Crippen LogP contribution in [-0.4, -0.2) is 34.7 Å². The SMILES string of the molecule is Cn1cncc1C(O)(c1ccc(F)cc1)c1ccc2c(c1)c(-c1cccc(F)c1)cc1nnnn12. The quantitative estimate of drug-likeness (QED) is 0.419. The fraction of sp³-hybridized carbons (Fsp3) is 0.0769. The molecule has 0 amide bonds. The molecule has 0 saturated carbocycles. The summed E-state index contributed by atoms with van der Waals surface area (Å²) < 4.78 is 31.2. The van der Waals surface area contributed by atoms with Crippen LogP contribution < -0.4 is 0 Å². The first-order chi connectivity index (χ1) is 16.9. The number of halogens is 2. The highest BCUT2D eigenvalue weighted by molar-refractivity contribution is 5.97. The molecule has 35 heavy (non-hydrogen) atoms. The minimum Gasteiger partial charge on any atom is -0.374 e. The molecule has 6 rings (SSSR count). The first-order valence-electron chi connectivity index (χ1n) is 10.8. The smallest absolute Gasteiger partial charge is 0.180 e. The summed E-state index contributed by atoms with van der Waals surface area (Å²) in [6, 6.07) is 19.1. The van der Waals surface area contributed by atoms with Gasteiger partial charge in [-0.05, 0) is 75.1 Å². The number of pyridine rings is 1. The number of aryl methyl sites for hydroxylation is 1. The summed E-state index contributed by atoms with van der Waals surface area (Å²) in [5.74, 6) is -0.780. The van der Waals surface area contributed by atoms with Gasteiger partial charge in [-0.15, -0.1) is 5.10 Å². The summed E-state index contributed by atoms with van der Waals surface area (Å²) in [5.41, 5.74) is 2.37. The van der Waals surface area contributed by atoms with Gasteiger partial charge in [0.1, 0.15) is 11.6 Å². The normalized spacial score (nSPS) is 13.4. The Morgan fingerprint density at radius 2 is 1.69 bits per heavy atom. The average molecular weight is 468 g/mol. The van der Waals surface area contributed by atoms with Crippen molar-refractivity contribution in [2.24, 2.45) is 7.05 Å². The Bertz CT molecular complexity index is 1710. The van der Waals surface area contributed by atoms with Crippen LogP contribution in [0.3, 0.4) is 0 Å². The minimum absolute atomic E-state index is 0.371. The molecule has 3 heterocycles. The third kappa shape index (κ3) is 3.28. The van der Waals surface area contributed by atoms with Crippen LogP contribution in [0.15, 0.2) is 85.3 Å². The summed E-state index contributed by atoms with van der Waals surface area (Å²) in [4.78, 5) is 4.18. The summed E-state index contributed by atoms with van der Waals surface area (Å²) >= 11 is 0. The molecule has 0 spiro atoms. The van der Waals surface area contributed by atoms with E-state index in [0.29, 0.717) is 44.5 Å². The third-order valence-electron chi connectivity index (χ3n) is 6.28. The van der Waals surface area contributed by atoms with E-state index < -0.39 is 11.4 Å². The molecule has 0 aliphatic rings. The number of fused-ring (bicyclic) bond motifs is 3. The van der Waals surface area contributed by atoms with Gasteiger partial charge in [0.05, 0.1) is 23.7 Å². The van der Waals surface area contributed by atoms with Crippen LogP contribution in [0.25, 0.3) is 27.7 Å². The summed E-state index contributed by atoms with van der Waals surface area (Å²) in [6.45, 7) is 0. The number of hydrogen-bond donors (Lipinski definition) is 1. The van der Waals surface area contributed by atoms with E-state index in [1.54, 1.807) is 65.1 Å². The van der Waals surface area contributed by atoms with Gasteiger partial charge in [-0.2, -0.15) is 4.52 Å². The van der Waals surface area contributed by atoms with Crippen LogP contribution in [0.2, 0.25) is 0 Å². The fourth-order valence-electron chi connectivity index (χ4n) is 4.58. The van der Waals surface area contributed by atoms with E-state index in [9.17, 15) is 13.9 Å². The number of imidazole rings is 1. The Hall–Kier alpha value is -4.50. The maximum atomic E-state index is 14.1. The molecule has 1 atom stereocenters. The van der Waals surface area contributed by atoms with Crippen molar-refractivity contribution < 1.29 is 13.9 Å². The van der Waals surface area contributed by atoms with Gasteiger partial charge in [-0.3, -0.25) is 0 Å². The molecule has 1 unspecified atom stereocenters. The second-order valence-electron chi connectivity index (χ2n) is 8.36. The van der Waals surface area contributed by atoms with Crippen LogP contribution in [0, 0.1) is 11.6 Å². The van der Waals surface area contributed by atoms with Crippen molar-refractivity contribution in [2.75, 3.05) is 0 Å². The molecule has 0 bridgehead atoms. The lowest BCUT2D eigenvalue weighted by Gasteiger charge is -2.30. The maximum absolute atomic E-state index is 14.1. The second kappa shape index (κ2) is 7.78.